The van der Waals surface area contributed by atoms with Gasteiger partial charge in [-0.15, -0.1) is 0 Å². The minimum atomic E-state index is -4.67. The number of unbranched alkanes of at least 4 members (excludes halogenated alkanes) is 8. The molecule has 8 heteroatoms. The molecule has 0 amide bonds. The Kier molecular flexibility index (Phi) is 14.0. The topological polar surface area (TPSA) is 121 Å². The van der Waals surface area contributed by atoms with Crippen LogP contribution in [-0.2, 0) is 19.8 Å². The molecule has 0 rings (SSSR count). The number of aliphatic hydroxyl groups is 1. The zero-order valence-corrected chi connectivity index (χ0v) is 16.9. The van der Waals surface area contributed by atoms with Crippen LogP contribution in [0.2, 0.25) is 0 Å². The van der Waals surface area contributed by atoms with Gasteiger partial charge in [-0.2, -0.15) is 13.7 Å². The maximum atomic E-state index is 11.9. The smallest absolute Gasteiger partial charge is 0.346 e. The van der Waals surface area contributed by atoms with Gasteiger partial charge < -0.3 is 9.99 Å². The van der Waals surface area contributed by atoms with Crippen LogP contribution in [0.25, 0.3) is 0 Å². The predicted octanol–water partition coefficient (Wildman–Crippen LogP) is 3.96. The molecule has 7 nitrogen and oxygen atoms in total. The van der Waals surface area contributed by atoms with E-state index in [2.05, 4.69) is 11.8 Å². The molecule has 0 aromatic carbocycles. The molecule has 0 aliphatic heterocycles. The highest BCUT2D eigenvalue weighted by atomic mass is 32.2. The first kappa shape index (κ1) is 25.3. The van der Waals surface area contributed by atoms with Crippen molar-refractivity contribution in [1.82, 2.24) is 0 Å². The molecule has 156 valence electrons. The molecule has 0 aromatic heterocycles. The lowest BCUT2D eigenvalue weighted by atomic mass is 9.92. The molecule has 0 saturated heterocycles. The van der Waals surface area contributed by atoms with Gasteiger partial charge >= 0.3 is 5.97 Å². The van der Waals surface area contributed by atoms with Gasteiger partial charge in [0.2, 0.25) is 0 Å². The van der Waals surface area contributed by atoms with Crippen LogP contribution in [0.4, 0.5) is 0 Å². The fourth-order valence-electron chi connectivity index (χ4n) is 3.25. The molecule has 0 saturated carbocycles. The Morgan fingerprint density at radius 2 is 1.35 bits per heavy atom. The van der Waals surface area contributed by atoms with Crippen molar-refractivity contribution in [3.63, 3.8) is 0 Å². The van der Waals surface area contributed by atoms with E-state index < -0.39 is 33.4 Å². The first-order valence-electron chi connectivity index (χ1n) is 9.79. The first-order valence-corrected chi connectivity index (χ1v) is 11.3. The molecule has 0 bridgehead atoms. The Hall–Kier alpha value is -0.700. The quantitative estimate of drug-likeness (QED) is 0.156. The Balaban J connectivity index is 4.89. The second-order valence-electron chi connectivity index (χ2n) is 6.97. The Labute approximate surface area is 157 Å². The molecule has 0 fully saturated rings. The Bertz CT molecular complexity index is 464. The molecular formula is C18H36O7S. The van der Waals surface area contributed by atoms with Crippen molar-refractivity contribution in [2.24, 2.45) is 5.92 Å². The maximum Gasteiger partial charge on any atom is 0.346 e. The summed E-state index contributed by atoms with van der Waals surface area (Å²) in [5.74, 6) is -2.42. The van der Waals surface area contributed by atoms with E-state index in [9.17, 15) is 22.9 Å². The Morgan fingerprint density at radius 1 is 0.885 bits per heavy atom. The maximum absolute atomic E-state index is 11.9. The molecule has 0 aliphatic carbocycles. The highest BCUT2D eigenvalue weighted by Gasteiger charge is 2.42. The van der Waals surface area contributed by atoms with E-state index in [1.54, 1.807) is 0 Å². The molecule has 3 N–H and O–H groups in total. The Morgan fingerprint density at radius 3 is 1.85 bits per heavy atom. The zero-order valence-electron chi connectivity index (χ0n) is 16.1. The number of carbonyl (C=O) groups is 1. The molecule has 26 heavy (non-hydrogen) atoms. The third kappa shape index (κ3) is 10.4. The monoisotopic (exact) mass is 396 g/mol. The molecule has 0 aliphatic rings. The van der Waals surface area contributed by atoms with Gasteiger partial charge in [-0.1, -0.05) is 78.1 Å². The summed E-state index contributed by atoms with van der Waals surface area (Å²) >= 11 is 0. The van der Waals surface area contributed by atoms with Gasteiger partial charge in [-0.05, 0) is 12.8 Å². The summed E-state index contributed by atoms with van der Waals surface area (Å²) in [7, 11) is -4.67. The van der Waals surface area contributed by atoms with Crippen molar-refractivity contribution in [3.8, 4) is 0 Å². The molecular weight excluding hydrogens is 360 g/mol. The van der Waals surface area contributed by atoms with Crippen LogP contribution in [0.15, 0.2) is 0 Å². The van der Waals surface area contributed by atoms with E-state index in [0.29, 0.717) is 12.8 Å². The predicted molar refractivity (Wildman–Crippen MR) is 100 cm³/mol. The van der Waals surface area contributed by atoms with Crippen LogP contribution in [-0.4, -0.2) is 40.7 Å². The SMILES string of the molecule is CCCCCCCCC(O)C(C(CCCCCC)C(=O)OO)S(=O)(=O)O. The fourth-order valence-corrected chi connectivity index (χ4v) is 4.44. The molecule has 0 radical (unpaired) electrons. The largest absolute Gasteiger partial charge is 0.392 e. The van der Waals surface area contributed by atoms with E-state index in [4.69, 9.17) is 5.26 Å². The van der Waals surface area contributed by atoms with Crippen molar-refractivity contribution >= 4 is 16.1 Å². The zero-order chi connectivity index (χ0) is 20.0. The summed E-state index contributed by atoms with van der Waals surface area (Å²) in [4.78, 5) is 15.6. The summed E-state index contributed by atoms with van der Waals surface area (Å²) < 4.78 is 33.2. The summed E-state index contributed by atoms with van der Waals surface area (Å²) in [6.45, 7) is 4.13. The lowest BCUT2D eigenvalue weighted by molar-refractivity contribution is -0.240. The molecule has 0 aromatic rings. The van der Waals surface area contributed by atoms with E-state index in [-0.39, 0.29) is 12.8 Å². The van der Waals surface area contributed by atoms with Crippen molar-refractivity contribution in [2.45, 2.75) is 102 Å². The highest BCUT2D eigenvalue weighted by molar-refractivity contribution is 7.86. The number of carbonyl (C=O) groups excluding carboxylic acids is 1. The van der Waals surface area contributed by atoms with Crippen LogP contribution in [0.3, 0.4) is 0 Å². The number of hydrogen-bond donors (Lipinski definition) is 3. The van der Waals surface area contributed by atoms with Crippen molar-refractivity contribution in [3.05, 3.63) is 0 Å². The summed E-state index contributed by atoms with van der Waals surface area (Å²) in [6, 6.07) is 0. The molecule has 0 spiro atoms. The average molecular weight is 397 g/mol. The van der Waals surface area contributed by atoms with Crippen LogP contribution < -0.4 is 0 Å². The summed E-state index contributed by atoms with van der Waals surface area (Å²) in [5.41, 5.74) is 0. The van der Waals surface area contributed by atoms with E-state index in [1.807, 2.05) is 6.92 Å². The lowest BCUT2D eigenvalue weighted by Gasteiger charge is -2.26. The van der Waals surface area contributed by atoms with Crippen molar-refractivity contribution in [1.29, 1.82) is 0 Å². The van der Waals surface area contributed by atoms with Crippen molar-refractivity contribution in [2.75, 3.05) is 0 Å². The van der Waals surface area contributed by atoms with Crippen LogP contribution >= 0.6 is 0 Å². The molecule has 3 unspecified atom stereocenters. The van der Waals surface area contributed by atoms with Gasteiger partial charge in [0, 0.05) is 0 Å². The second kappa shape index (κ2) is 14.4. The third-order valence-electron chi connectivity index (χ3n) is 4.73. The van der Waals surface area contributed by atoms with Crippen LogP contribution in [0.5, 0.6) is 0 Å². The van der Waals surface area contributed by atoms with Gasteiger partial charge in [0.1, 0.15) is 5.25 Å². The minimum Gasteiger partial charge on any atom is -0.392 e. The van der Waals surface area contributed by atoms with Gasteiger partial charge in [0.25, 0.3) is 10.1 Å². The first-order chi connectivity index (χ1) is 12.3. The van der Waals surface area contributed by atoms with Gasteiger partial charge in [-0.25, -0.2) is 4.79 Å². The summed E-state index contributed by atoms with van der Waals surface area (Å²) in [6.07, 6.45) is 7.94. The van der Waals surface area contributed by atoms with Crippen molar-refractivity contribution < 1.29 is 33.0 Å². The average Bonchev–Trinajstić information content (AvgIpc) is 2.58. The number of aliphatic hydroxyl groups excluding tert-OH is 1. The van der Waals surface area contributed by atoms with Gasteiger partial charge in [-0.3, -0.25) is 4.55 Å². The van der Waals surface area contributed by atoms with Crippen LogP contribution in [0, 0.1) is 5.92 Å². The molecule has 0 heterocycles. The van der Waals surface area contributed by atoms with E-state index in [1.165, 1.54) is 0 Å². The second-order valence-corrected chi connectivity index (χ2v) is 8.54. The van der Waals surface area contributed by atoms with E-state index in [0.717, 1.165) is 51.4 Å². The standard InChI is InChI=1S/C18H36O7S/c1-3-5-7-9-10-12-14-16(19)17(26(22,23)24)15(18(20)25-21)13-11-8-6-4-2/h15-17,19,21H,3-14H2,1-2H3,(H,22,23,24). The third-order valence-corrected chi connectivity index (χ3v) is 6.07. The number of hydrogen-bond acceptors (Lipinski definition) is 6. The lowest BCUT2D eigenvalue weighted by Crippen LogP contribution is -2.44. The summed E-state index contributed by atoms with van der Waals surface area (Å²) in [5, 5.41) is 17.3. The number of rotatable bonds is 16. The van der Waals surface area contributed by atoms with Gasteiger partial charge in [0.05, 0.1) is 12.0 Å². The van der Waals surface area contributed by atoms with Gasteiger partial charge in [0.15, 0.2) is 0 Å². The highest BCUT2D eigenvalue weighted by Crippen LogP contribution is 2.26. The minimum absolute atomic E-state index is 0.122. The van der Waals surface area contributed by atoms with E-state index >= 15 is 0 Å². The fraction of sp³-hybridized carbons (Fsp3) is 0.944. The van der Waals surface area contributed by atoms with Crippen LogP contribution in [0.1, 0.15) is 90.9 Å². The normalized spacial score (nSPS) is 15.4. The molecule has 3 atom stereocenters.